The summed E-state index contributed by atoms with van der Waals surface area (Å²) in [5.74, 6) is -0.597. The molecule has 4 nitrogen and oxygen atoms in total. The average molecular weight is 287 g/mol. The Morgan fingerprint density at radius 3 is 2.67 bits per heavy atom. The van der Waals surface area contributed by atoms with E-state index >= 15 is 0 Å². The van der Waals surface area contributed by atoms with Gasteiger partial charge >= 0.3 is 0 Å². The molecule has 0 fully saturated rings. The largest absolute Gasteiger partial charge is 0.278 e. The number of halogens is 2. The lowest BCUT2D eigenvalue weighted by Crippen LogP contribution is -2.13. The highest BCUT2D eigenvalue weighted by atomic mass is 35.5. The number of hydrogen-bond acceptors (Lipinski definition) is 3. The summed E-state index contributed by atoms with van der Waals surface area (Å²) in [6, 6.07) is 6.21. The van der Waals surface area contributed by atoms with Crippen LogP contribution in [0.25, 0.3) is 0 Å². The first-order valence-electron chi connectivity index (χ1n) is 4.87. The quantitative estimate of drug-likeness (QED) is 0.944. The lowest BCUT2D eigenvalue weighted by molar-refractivity contribution is 0.599. The molecule has 1 N–H and O–H groups in total. The first kappa shape index (κ1) is 12.8. The molecule has 2 rings (SSSR count). The molecule has 18 heavy (non-hydrogen) atoms. The van der Waals surface area contributed by atoms with E-state index in [4.69, 9.17) is 11.6 Å². The molecule has 0 atom stereocenters. The minimum Gasteiger partial charge on any atom is -0.278 e. The van der Waals surface area contributed by atoms with Crippen molar-refractivity contribution in [1.29, 1.82) is 0 Å². The number of nitrogens with zero attached hydrogens (tertiary/aromatic N) is 1. The zero-order valence-electron chi connectivity index (χ0n) is 8.97. The molecule has 1 heterocycles. The van der Waals surface area contributed by atoms with Crippen LogP contribution in [0.4, 0.5) is 10.1 Å². The van der Waals surface area contributed by atoms with Crippen LogP contribution in [0.3, 0.4) is 0 Å². The van der Waals surface area contributed by atoms with Gasteiger partial charge in [-0.3, -0.25) is 9.71 Å². The molecule has 7 heteroatoms. The van der Waals surface area contributed by atoms with E-state index in [9.17, 15) is 12.8 Å². The van der Waals surface area contributed by atoms with Crippen LogP contribution in [0.5, 0.6) is 0 Å². The number of nitrogens with one attached hydrogen (secondary N) is 1. The standard InChI is InChI=1S/C11H8ClFN2O2S/c12-10-6-8(13)3-4-11(10)18(16,17)15-9-2-1-5-14-7-9/h1-7,15H. The lowest BCUT2D eigenvalue weighted by Gasteiger charge is -2.08. The maximum atomic E-state index is 12.9. The van der Waals surface area contributed by atoms with E-state index in [1.165, 1.54) is 12.4 Å². The van der Waals surface area contributed by atoms with Crippen LogP contribution in [-0.2, 0) is 10.0 Å². The molecule has 0 saturated heterocycles. The molecular formula is C11H8ClFN2O2S. The third-order valence-electron chi connectivity index (χ3n) is 2.10. The third kappa shape index (κ3) is 2.77. The number of sulfonamides is 1. The number of rotatable bonds is 3. The third-order valence-corrected chi connectivity index (χ3v) is 3.96. The summed E-state index contributed by atoms with van der Waals surface area (Å²) >= 11 is 5.71. The van der Waals surface area contributed by atoms with Gasteiger partial charge in [-0.25, -0.2) is 12.8 Å². The van der Waals surface area contributed by atoms with Gasteiger partial charge in [0.2, 0.25) is 0 Å². The molecule has 1 aromatic carbocycles. The van der Waals surface area contributed by atoms with Gasteiger partial charge in [-0.2, -0.15) is 0 Å². The number of anilines is 1. The van der Waals surface area contributed by atoms with Crippen LogP contribution in [0, 0.1) is 5.82 Å². The Bertz CT molecular complexity index is 662. The minimum atomic E-state index is -3.85. The summed E-state index contributed by atoms with van der Waals surface area (Å²) in [4.78, 5) is 3.59. The lowest BCUT2D eigenvalue weighted by atomic mass is 10.3. The van der Waals surface area contributed by atoms with Crippen molar-refractivity contribution in [2.24, 2.45) is 0 Å². The van der Waals surface area contributed by atoms with E-state index in [-0.39, 0.29) is 9.92 Å². The van der Waals surface area contributed by atoms with E-state index in [0.717, 1.165) is 18.2 Å². The zero-order valence-corrected chi connectivity index (χ0v) is 10.5. The first-order valence-corrected chi connectivity index (χ1v) is 6.73. The molecule has 0 aliphatic carbocycles. The van der Waals surface area contributed by atoms with Crippen molar-refractivity contribution in [3.8, 4) is 0 Å². The van der Waals surface area contributed by atoms with Crippen LogP contribution in [0.1, 0.15) is 0 Å². The second kappa shape index (κ2) is 4.91. The Kier molecular flexibility index (Phi) is 3.49. The van der Waals surface area contributed by atoms with E-state index < -0.39 is 15.8 Å². The molecule has 0 aliphatic rings. The van der Waals surface area contributed by atoms with Crippen LogP contribution in [0.15, 0.2) is 47.6 Å². The maximum absolute atomic E-state index is 12.9. The molecule has 0 amide bonds. The molecule has 0 bridgehead atoms. The van der Waals surface area contributed by atoms with Crippen LogP contribution in [-0.4, -0.2) is 13.4 Å². The van der Waals surface area contributed by atoms with Crippen molar-refractivity contribution in [3.05, 3.63) is 53.6 Å². The highest BCUT2D eigenvalue weighted by Gasteiger charge is 2.18. The number of aromatic nitrogens is 1. The van der Waals surface area contributed by atoms with Gasteiger partial charge in [0.25, 0.3) is 10.0 Å². The van der Waals surface area contributed by atoms with Crippen LogP contribution >= 0.6 is 11.6 Å². The van der Waals surface area contributed by atoms with Crippen molar-refractivity contribution in [1.82, 2.24) is 4.98 Å². The Labute approximate surface area is 108 Å². The van der Waals surface area contributed by atoms with Gasteiger partial charge in [-0.15, -0.1) is 0 Å². The van der Waals surface area contributed by atoms with E-state index in [2.05, 4.69) is 9.71 Å². The Morgan fingerprint density at radius 1 is 1.28 bits per heavy atom. The second-order valence-corrected chi connectivity index (χ2v) is 5.48. The van der Waals surface area contributed by atoms with Gasteiger partial charge in [0.15, 0.2) is 0 Å². The predicted molar refractivity (Wildman–Crippen MR) is 66.5 cm³/mol. The molecule has 94 valence electrons. The van der Waals surface area contributed by atoms with Gasteiger partial charge in [-0.1, -0.05) is 11.6 Å². The van der Waals surface area contributed by atoms with Gasteiger partial charge in [-0.05, 0) is 30.3 Å². The number of benzene rings is 1. The number of pyridine rings is 1. The summed E-state index contributed by atoms with van der Waals surface area (Å²) in [5.41, 5.74) is 0.304. The summed E-state index contributed by atoms with van der Waals surface area (Å²) in [6.45, 7) is 0. The summed E-state index contributed by atoms with van der Waals surface area (Å²) in [6.07, 6.45) is 2.87. The highest BCUT2D eigenvalue weighted by molar-refractivity contribution is 7.92. The summed E-state index contributed by atoms with van der Waals surface area (Å²) < 4.78 is 39.1. The van der Waals surface area contributed by atoms with Gasteiger partial charge in [0, 0.05) is 6.20 Å². The number of hydrogen-bond donors (Lipinski definition) is 1. The molecule has 0 spiro atoms. The fourth-order valence-corrected chi connectivity index (χ4v) is 2.90. The minimum absolute atomic E-state index is 0.175. The molecular weight excluding hydrogens is 279 g/mol. The van der Waals surface area contributed by atoms with Crippen molar-refractivity contribution >= 4 is 27.3 Å². The SMILES string of the molecule is O=S(=O)(Nc1cccnc1)c1ccc(F)cc1Cl. The van der Waals surface area contributed by atoms with Crippen LogP contribution < -0.4 is 4.72 Å². The maximum Gasteiger partial charge on any atom is 0.263 e. The molecule has 0 aliphatic heterocycles. The van der Waals surface area contributed by atoms with Crippen molar-refractivity contribution < 1.29 is 12.8 Å². The van der Waals surface area contributed by atoms with Gasteiger partial charge in [0.05, 0.1) is 16.9 Å². The first-order chi connectivity index (χ1) is 8.49. The van der Waals surface area contributed by atoms with E-state index in [1.54, 1.807) is 12.1 Å². The molecule has 0 radical (unpaired) electrons. The smallest absolute Gasteiger partial charge is 0.263 e. The summed E-state index contributed by atoms with van der Waals surface area (Å²) in [5, 5.41) is -0.175. The zero-order chi connectivity index (χ0) is 13.2. The Morgan fingerprint density at radius 2 is 2.06 bits per heavy atom. The van der Waals surface area contributed by atoms with E-state index in [0.29, 0.717) is 5.69 Å². The van der Waals surface area contributed by atoms with Gasteiger partial charge in [0.1, 0.15) is 10.7 Å². The topological polar surface area (TPSA) is 59.1 Å². The Balaban J connectivity index is 2.37. The molecule has 0 unspecified atom stereocenters. The highest BCUT2D eigenvalue weighted by Crippen LogP contribution is 2.24. The van der Waals surface area contributed by atoms with Crippen molar-refractivity contribution in [3.63, 3.8) is 0 Å². The fourth-order valence-electron chi connectivity index (χ4n) is 1.33. The Hall–Kier alpha value is -1.66. The molecule has 0 saturated carbocycles. The second-order valence-electron chi connectivity index (χ2n) is 3.42. The normalized spacial score (nSPS) is 11.2. The average Bonchev–Trinajstić information content (AvgIpc) is 2.29. The fraction of sp³-hybridized carbons (Fsp3) is 0. The predicted octanol–water partition coefficient (Wildman–Crippen LogP) is 2.67. The van der Waals surface area contributed by atoms with E-state index in [1.807, 2.05) is 0 Å². The van der Waals surface area contributed by atoms with Crippen molar-refractivity contribution in [2.75, 3.05) is 4.72 Å². The van der Waals surface area contributed by atoms with Crippen LogP contribution in [0.2, 0.25) is 5.02 Å². The molecule has 1 aromatic heterocycles. The van der Waals surface area contributed by atoms with Gasteiger partial charge < -0.3 is 0 Å². The van der Waals surface area contributed by atoms with Crippen molar-refractivity contribution in [2.45, 2.75) is 4.90 Å². The summed E-state index contributed by atoms with van der Waals surface area (Å²) in [7, 11) is -3.85. The monoisotopic (exact) mass is 286 g/mol. The molecule has 2 aromatic rings.